The van der Waals surface area contributed by atoms with Crippen molar-refractivity contribution in [3.05, 3.63) is 23.8 Å². The van der Waals surface area contributed by atoms with Crippen LogP contribution in [0.3, 0.4) is 0 Å². The zero-order chi connectivity index (χ0) is 11.3. The van der Waals surface area contributed by atoms with Gasteiger partial charge in [-0.2, -0.15) is 0 Å². The molecule has 0 heterocycles. The van der Waals surface area contributed by atoms with E-state index in [1.165, 1.54) is 0 Å². The summed E-state index contributed by atoms with van der Waals surface area (Å²) in [6.45, 7) is 8.58. The van der Waals surface area contributed by atoms with Crippen LogP contribution in [0.1, 0.15) is 40.5 Å². The highest BCUT2D eigenvalue weighted by molar-refractivity contribution is 6.00. The molecule has 0 aromatic carbocycles. The number of allylic oxidation sites excluding steroid dienone is 4. The number of Topliss-reactive ketones (excluding diaryl/α,β-unsaturated/α-hetero) is 1. The minimum absolute atomic E-state index is 0.153. The lowest BCUT2D eigenvalue weighted by atomic mass is 9.54. The van der Waals surface area contributed by atoms with Crippen LogP contribution in [-0.4, -0.2) is 5.78 Å². The van der Waals surface area contributed by atoms with E-state index in [2.05, 4.69) is 39.0 Å². The van der Waals surface area contributed by atoms with Gasteiger partial charge in [-0.05, 0) is 36.7 Å². The Hall–Kier alpha value is -0.850. The van der Waals surface area contributed by atoms with Gasteiger partial charge >= 0.3 is 0 Å². The summed E-state index contributed by atoms with van der Waals surface area (Å²) in [7, 11) is 0. The second-order valence-corrected chi connectivity index (χ2v) is 5.85. The van der Waals surface area contributed by atoms with Crippen LogP contribution in [0, 0.1) is 16.7 Å². The Morgan fingerprint density at radius 3 is 2.67 bits per heavy atom. The van der Waals surface area contributed by atoms with E-state index < -0.39 is 0 Å². The molecule has 0 radical (unpaired) electrons. The summed E-state index contributed by atoms with van der Waals surface area (Å²) >= 11 is 0. The molecular weight excluding hydrogens is 184 g/mol. The maximum absolute atomic E-state index is 12.3. The second-order valence-electron chi connectivity index (χ2n) is 5.85. The van der Waals surface area contributed by atoms with Gasteiger partial charge in [0, 0.05) is 5.41 Å². The van der Waals surface area contributed by atoms with Crippen molar-refractivity contribution in [2.75, 3.05) is 0 Å². The highest BCUT2D eigenvalue weighted by Gasteiger charge is 2.49. The van der Waals surface area contributed by atoms with Crippen LogP contribution in [0.15, 0.2) is 23.8 Å². The lowest BCUT2D eigenvalue weighted by Crippen LogP contribution is -2.46. The van der Waals surface area contributed by atoms with Crippen molar-refractivity contribution in [2.45, 2.75) is 40.5 Å². The molecule has 0 fully saturated rings. The van der Waals surface area contributed by atoms with Gasteiger partial charge in [-0.1, -0.05) is 39.0 Å². The van der Waals surface area contributed by atoms with E-state index in [4.69, 9.17) is 0 Å². The fourth-order valence-electron chi connectivity index (χ4n) is 3.34. The zero-order valence-electron chi connectivity index (χ0n) is 10.1. The third kappa shape index (κ3) is 1.40. The van der Waals surface area contributed by atoms with Crippen molar-refractivity contribution in [1.82, 2.24) is 0 Å². The molecule has 0 N–H and O–H groups in total. The predicted octanol–water partition coefficient (Wildman–Crippen LogP) is 3.51. The molecule has 82 valence electrons. The maximum Gasteiger partial charge on any atom is 0.164 e. The largest absolute Gasteiger partial charge is 0.294 e. The molecule has 1 nitrogen and oxygen atoms in total. The minimum atomic E-state index is -0.156. The van der Waals surface area contributed by atoms with Gasteiger partial charge in [0.15, 0.2) is 5.78 Å². The first-order chi connectivity index (χ1) is 6.88. The van der Waals surface area contributed by atoms with Crippen molar-refractivity contribution in [3.8, 4) is 0 Å². The highest BCUT2D eigenvalue weighted by atomic mass is 16.1. The van der Waals surface area contributed by atoms with Gasteiger partial charge in [0.1, 0.15) is 0 Å². The Morgan fingerprint density at radius 2 is 2.00 bits per heavy atom. The Labute approximate surface area is 92.3 Å². The first-order valence-electron chi connectivity index (χ1n) is 5.77. The summed E-state index contributed by atoms with van der Waals surface area (Å²) in [6, 6.07) is 0. The fourth-order valence-corrected chi connectivity index (χ4v) is 3.34. The maximum atomic E-state index is 12.3. The standard InChI is InChI=1S/C14H20O/c1-10-6-7-11-13(2,3)8-5-9-14(11,4)12(10)15/h5-6,8,11H,7,9H2,1-4H3/t11-,14-/m0/s1. The summed E-state index contributed by atoms with van der Waals surface area (Å²) < 4.78 is 0. The minimum Gasteiger partial charge on any atom is -0.294 e. The Bertz CT molecular complexity index is 360. The molecule has 0 spiro atoms. The Kier molecular flexibility index (Phi) is 2.18. The van der Waals surface area contributed by atoms with Crippen molar-refractivity contribution >= 4 is 5.78 Å². The van der Waals surface area contributed by atoms with Crippen LogP contribution in [0.2, 0.25) is 0 Å². The van der Waals surface area contributed by atoms with Crippen LogP contribution >= 0.6 is 0 Å². The molecule has 2 aliphatic carbocycles. The molecule has 15 heavy (non-hydrogen) atoms. The lowest BCUT2D eigenvalue weighted by molar-refractivity contribution is -0.130. The van der Waals surface area contributed by atoms with Gasteiger partial charge in [-0.25, -0.2) is 0 Å². The lowest BCUT2D eigenvalue weighted by Gasteiger charge is -2.48. The number of rotatable bonds is 0. The number of carbonyl (C=O) groups is 1. The molecule has 0 amide bonds. The fraction of sp³-hybridized carbons (Fsp3) is 0.643. The average Bonchev–Trinajstić information content (AvgIpc) is 2.12. The van der Waals surface area contributed by atoms with Gasteiger partial charge in [-0.15, -0.1) is 0 Å². The second kappa shape index (κ2) is 3.07. The van der Waals surface area contributed by atoms with Crippen LogP contribution < -0.4 is 0 Å². The van der Waals surface area contributed by atoms with E-state index in [1.54, 1.807) is 0 Å². The number of hydrogen-bond donors (Lipinski definition) is 0. The first-order valence-corrected chi connectivity index (χ1v) is 5.77. The van der Waals surface area contributed by atoms with E-state index in [0.717, 1.165) is 18.4 Å². The number of hydrogen-bond acceptors (Lipinski definition) is 1. The van der Waals surface area contributed by atoms with Crippen LogP contribution in [0.5, 0.6) is 0 Å². The molecule has 1 heteroatoms. The van der Waals surface area contributed by atoms with E-state index in [-0.39, 0.29) is 10.8 Å². The number of fused-ring (bicyclic) bond motifs is 1. The first kappa shape index (κ1) is 10.7. The molecule has 0 aliphatic heterocycles. The van der Waals surface area contributed by atoms with E-state index >= 15 is 0 Å². The average molecular weight is 204 g/mol. The topological polar surface area (TPSA) is 17.1 Å². The van der Waals surface area contributed by atoms with E-state index in [0.29, 0.717) is 11.7 Å². The molecule has 2 rings (SSSR count). The summed E-state index contributed by atoms with van der Waals surface area (Å²) in [4.78, 5) is 12.3. The van der Waals surface area contributed by atoms with Crippen molar-refractivity contribution in [1.29, 1.82) is 0 Å². The molecule has 0 saturated heterocycles. The van der Waals surface area contributed by atoms with Gasteiger partial charge in [0.2, 0.25) is 0 Å². The van der Waals surface area contributed by atoms with Crippen LogP contribution in [0.25, 0.3) is 0 Å². The Balaban J connectivity index is 2.48. The van der Waals surface area contributed by atoms with E-state index in [1.807, 2.05) is 6.92 Å². The summed E-state index contributed by atoms with van der Waals surface area (Å²) in [6.07, 6.45) is 8.54. The summed E-state index contributed by atoms with van der Waals surface area (Å²) in [5.74, 6) is 0.822. The predicted molar refractivity (Wildman–Crippen MR) is 62.5 cm³/mol. The highest BCUT2D eigenvalue weighted by Crippen LogP contribution is 2.52. The number of carbonyl (C=O) groups excluding carboxylic acids is 1. The van der Waals surface area contributed by atoms with Crippen molar-refractivity contribution < 1.29 is 4.79 Å². The molecule has 0 aromatic heterocycles. The summed E-state index contributed by atoms with van der Waals surface area (Å²) in [5, 5.41) is 0. The van der Waals surface area contributed by atoms with E-state index in [9.17, 15) is 4.79 Å². The normalized spacial score (nSPS) is 38.5. The quantitative estimate of drug-likeness (QED) is 0.552. The van der Waals surface area contributed by atoms with Crippen LogP contribution in [0.4, 0.5) is 0 Å². The molecule has 2 aliphatic rings. The number of ketones is 1. The molecule has 0 bridgehead atoms. The monoisotopic (exact) mass is 204 g/mol. The molecule has 2 atom stereocenters. The van der Waals surface area contributed by atoms with Gasteiger partial charge in [0.05, 0.1) is 0 Å². The smallest absolute Gasteiger partial charge is 0.164 e. The summed E-state index contributed by atoms with van der Waals surface area (Å²) in [5.41, 5.74) is 0.955. The van der Waals surface area contributed by atoms with Crippen LogP contribution in [-0.2, 0) is 4.79 Å². The van der Waals surface area contributed by atoms with Gasteiger partial charge in [-0.3, -0.25) is 4.79 Å². The zero-order valence-corrected chi connectivity index (χ0v) is 10.1. The molecule has 0 saturated carbocycles. The Morgan fingerprint density at radius 1 is 1.33 bits per heavy atom. The third-order valence-electron chi connectivity index (χ3n) is 4.29. The molecule has 0 aromatic rings. The van der Waals surface area contributed by atoms with Gasteiger partial charge in [0.25, 0.3) is 0 Å². The van der Waals surface area contributed by atoms with Gasteiger partial charge < -0.3 is 0 Å². The van der Waals surface area contributed by atoms with Crippen molar-refractivity contribution in [3.63, 3.8) is 0 Å². The molecule has 0 unspecified atom stereocenters. The van der Waals surface area contributed by atoms with Crippen molar-refractivity contribution in [2.24, 2.45) is 16.7 Å². The third-order valence-corrected chi connectivity index (χ3v) is 4.29. The molecular formula is C14H20O. The SMILES string of the molecule is CC1=CC[C@H]2C(C)(C)C=CC[C@]2(C)C1=O.